The van der Waals surface area contributed by atoms with E-state index < -0.39 is 0 Å². The van der Waals surface area contributed by atoms with Gasteiger partial charge in [-0.3, -0.25) is 0 Å². The van der Waals surface area contributed by atoms with Crippen molar-refractivity contribution in [2.24, 2.45) is 0 Å². The van der Waals surface area contributed by atoms with E-state index in [4.69, 9.17) is 5.26 Å². The number of hydrogen-bond acceptors (Lipinski definition) is 1. The topological polar surface area (TPSA) is 23.8 Å². The molecule has 0 fully saturated rings. The zero-order chi connectivity index (χ0) is 11.2. The molecule has 0 aliphatic rings. The second-order valence-electron chi connectivity index (χ2n) is 3.45. The molecule has 0 aliphatic carbocycles. The van der Waals surface area contributed by atoms with Gasteiger partial charge in [-0.1, -0.05) is 62.6 Å². The van der Waals surface area contributed by atoms with E-state index in [0.29, 0.717) is 6.42 Å². The first kappa shape index (κ1) is 13.7. The Bertz CT molecular complexity index is 241. The minimum absolute atomic E-state index is 0.491. The molecule has 82 valence electrons. The maximum atomic E-state index is 8.27. The summed E-state index contributed by atoms with van der Waals surface area (Å²) in [5.74, 6) is 0. The van der Waals surface area contributed by atoms with Gasteiger partial charge < -0.3 is 0 Å². The van der Waals surface area contributed by atoms with Crippen LogP contribution in [0.25, 0.3) is 0 Å². The Morgan fingerprint density at radius 2 is 1.67 bits per heavy atom. The van der Waals surface area contributed by atoms with Crippen molar-refractivity contribution >= 4 is 0 Å². The van der Waals surface area contributed by atoms with Crippen LogP contribution in [0.4, 0.5) is 0 Å². The van der Waals surface area contributed by atoms with Crippen LogP contribution in [0.5, 0.6) is 0 Å². The fourth-order valence-electron chi connectivity index (χ4n) is 1.19. The molecule has 15 heavy (non-hydrogen) atoms. The molecule has 0 radical (unpaired) electrons. The highest BCUT2D eigenvalue weighted by Crippen LogP contribution is 2.02. The number of allylic oxidation sites excluding steroid dienone is 6. The highest BCUT2D eigenvalue weighted by atomic mass is 14.2. The fourth-order valence-corrected chi connectivity index (χ4v) is 1.19. The summed E-state index contributed by atoms with van der Waals surface area (Å²) in [7, 11) is 0. The van der Waals surface area contributed by atoms with Crippen LogP contribution in [-0.4, -0.2) is 0 Å². The summed E-state index contributed by atoms with van der Waals surface area (Å²) in [6.45, 7) is 2.23. The molecule has 0 rings (SSSR count). The molecule has 0 N–H and O–H groups in total. The van der Waals surface area contributed by atoms with E-state index >= 15 is 0 Å². The first-order chi connectivity index (χ1) is 7.41. The Kier molecular flexibility index (Phi) is 11.6. The molecule has 0 atom stereocenters. The third-order valence-corrected chi connectivity index (χ3v) is 2.04. The Morgan fingerprint density at radius 3 is 2.33 bits per heavy atom. The van der Waals surface area contributed by atoms with E-state index in [1.165, 1.54) is 32.1 Å². The van der Waals surface area contributed by atoms with Crippen molar-refractivity contribution in [3.05, 3.63) is 36.5 Å². The summed E-state index contributed by atoms with van der Waals surface area (Å²) in [5.41, 5.74) is 0. The van der Waals surface area contributed by atoms with Gasteiger partial charge in [0.05, 0.1) is 12.5 Å². The number of rotatable bonds is 8. The molecular formula is C14H21N. The lowest BCUT2D eigenvalue weighted by Crippen LogP contribution is -1.72. The van der Waals surface area contributed by atoms with E-state index in [0.717, 1.165) is 0 Å². The van der Waals surface area contributed by atoms with Crippen LogP contribution >= 0.6 is 0 Å². The monoisotopic (exact) mass is 203 g/mol. The van der Waals surface area contributed by atoms with Crippen LogP contribution in [0.15, 0.2) is 36.5 Å². The second-order valence-corrected chi connectivity index (χ2v) is 3.45. The molecule has 0 aromatic heterocycles. The highest BCUT2D eigenvalue weighted by Gasteiger charge is 1.82. The Balaban J connectivity index is 3.34. The first-order valence-electron chi connectivity index (χ1n) is 5.77. The predicted molar refractivity (Wildman–Crippen MR) is 66.4 cm³/mol. The molecule has 0 bridgehead atoms. The average Bonchev–Trinajstić information content (AvgIpc) is 2.26. The minimum Gasteiger partial charge on any atom is -0.198 e. The van der Waals surface area contributed by atoms with E-state index in [2.05, 4.69) is 25.1 Å². The zero-order valence-electron chi connectivity index (χ0n) is 9.65. The quantitative estimate of drug-likeness (QED) is 0.419. The summed E-state index contributed by atoms with van der Waals surface area (Å²) in [5, 5.41) is 8.27. The molecule has 0 saturated heterocycles. The number of nitriles is 1. The van der Waals surface area contributed by atoms with Gasteiger partial charge in [-0.2, -0.15) is 5.26 Å². The van der Waals surface area contributed by atoms with E-state index in [1.54, 1.807) is 0 Å². The maximum absolute atomic E-state index is 8.27. The fraction of sp³-hybridized carbons (Fsp3) is 0.500. The van der Waals surface area contributed by atoms with Gasteiger partial charge in [0, 0.05) is 0 Å². The molecule has 0 unspecified atom stereocenters. The highest BCUT2D eigenvalue weighted by molar-refractivity contribution is 5.11. The van der Waals surface area contributed by atoms with E-state index in [1.807, 2.05) is 24.3 Å². The third kappa shape index (κ3) is 12.7. The first-order valence-corrected chi connectivity index (χ1v) is 5.77. The molecule has 1 heteroatoms. The number of unbranched alkanes of at least 4 members (excludes halogenated alkanes) is 4. The van der Waals surface area contributed by atoms with Crippen LogP contribution < -0.4 is 0 Å². The van der Waals surface area contributed by atoms with Gasteiger partial charge in [0.1, 0.15) is 0 Å². The molecule has 0 spiro atoms. The summed E-state index contributed by atoms with van der Waals surface area (Å²) in [6.07, 6.45) is 18.9. The van der Waals surface area contributed by atoms with E-state index in [-0.39, 0.29) is 0 Å². The molecule has 0 heterocycles. The van der Waals surface area contributed by atoms with Gasteiger partial charge in [0.15, 0.2) is 0 Å². The Hall–Kier alpha value is -1.29. The van der Waals surface area contributed by atoms with Crippen molar-refractivity contribution in [1.82, 2.24) is 0 Å². The lowest BCUT2D eigenvalue weighted by Gasteiger charge is -1.92. The molecule has 1 nitrogen and oxygen atoms in total. The Labute approximate surface area is 93.8 Å². The van der Waals surface area contributed by atoms with Gasteiger partial charge in [-0.15, -0.1) is 0 Å². The van der Waals surface area contributed by atoms with Gasteiger partial charge in [0.2, 0.25) is 0 Å². The second kappa shape index (κ2) is 12.7. The molecule has 0 aromatic carbocycles. The van der Waals surface area contributed by atoms with Gasteiger partial charge in [-0.05, 0) is 12.8 Å². The summed E-state index contributed by atoms with van der Waals surface area (Å²) < 4.78 is 0. The largest absolute Gasteiger partial charge is 0.198 e. The lowest BCUT2D eigenvalue weighted by molar-refractivity contribution is 0.674. The standard InChI is InChI=1S/C14H21N/c1-2-3-4-5-6-7-8-9-10-11-12-13-14-15/h7-12H,2-6,13H2,1H3/b8-7+,10-9+,12-11+. The van der Waals surface area contributed by atoms with Crippen LogP contribution in [0.1, 0.15) is 45.4 Å². The van der Waals surface area contributed by atoms with Gasteiger partial charge >= 0.3 is 0 Å². The lowest BCUT2D eigenvalue weighted by atomic mass is 10.1. The molecular weight excluding hydrogens is 182 g/mol. The number of hydrogen-bond donors (Lipinski definition) is 0. The smallest absolute Gasteiger partial charge is 0.0663 e. The van der Waals surface area contributed by atoms with Crippen LogP contribution in [0.2, 0.25) is 0 Å². The predicted octanol–water partition coefficient (Wildman–Crippen LogP) is 4.54. The van der Waals surface area contributed by atoms with Crippen LogP contribution in [0, 0.1) is 11.3 Å². The molecule has 0 amide bonds. The summed E-state index contributed by atoms with van der Waals surface area (Å²) in [6, 6.07) is 2.06. The zero-order valence-corrected chi connectivity index (χ0v) is 9.65. The maximum Gasteiger partial charge on any atom is 0.0663 e. The van der Waals surface area contributed by atoms with Crippen molar-refractivity contribution in [1.29, 1.82) is 5.26 Å². The van der Waals surface area contributed by atoms with E-state index in [9.17, 15) is 0 Å². The average molecular weight is 203 g/mol. The van der Waals surface area contributed by atoms with Crippen LogP contribution in [0.3, 0.4) is 0 Å². The van der Waals surface area contributed by atoms with Gasteiger partial charge in [-0.25, -0.2) is 0 Å². The van der Waals surface area contributed by atoms with Crippen molar-refractivity contribution in [3.63, 3.8) is 0 Å². The molecule has 0 aliphatic heterocycles. The van der Waals surface area contributed by atoms with Crippen LogP contribution in [-0.2, 0) is 0 Å². The minimum atomic E-state index is 0.491. The Morgan fingerprint density at radius 1 is 0.933 bits per heavy atom. The summed E-state index contributed by atoms with van der Waals surface area (Å²) in [4.78, 5) is 0. The molecule has 0 aromatic rings. The van der Waals surface area contributed by atoms with Crippen molar-refractivity contribution < 1.29 is 0 Å². The third-order valence-electron chi connectivity index (χ3n) is 2.04. The molecule has 0 saturated carbocycles. The van der Waals surface area contributed by atoms with Crippen molar-refractivity contribution in [2.75, 3.05) is 0 Å². The SMILES string of the molecule is CCCCCC/C=C/C=C/C=C/CC#N. The van der Waals surface area contributed by atoms with Gasteiger partial charge in [0.25, 0.3) is 0 Å². The van der Waals surface area contributed by atoms with Crippen molar-refractivity contribution in [2.45, 2.75) is 45.4 Å². The van der Waals surface area contributed by atoms with Crippen molar-refractivity contribution in [3.8, 4) is 6.07 Å². The number of nitrogens with zero attached hydrogens (tertiary/aromatic N) is 1. The normalized spacial score (nSPS) is 11.7. The summed E-state index contributed by atoms with van der Waals surface area (Å²) >= 11 is 0.